The van der Waals surface area contributed by atoms with E-state index in [0.717, 1.165) is 28.3 Å². The van der Waals surface area contributed by atoms with Crippen LogP contribution in [0.1, 0.15) is 12.0 Å². The standard InChI is InChI=1S/C21H20N4O3S/c1-14-7-9-15(10-8-14)28-12-11-19(26)22-20-23-21-25(24-20)17(13-29-21)16-5-3-4-6-18(16)27-2/h3-10,13H,11-12H2,1-2H3,(H,22,24,26). The van der Waals surface area contributed by atoms with Gasteiger partial charge in [-0.15, -0.1) is 16.4 Å². The zero-order valence-corrected chi connectivity index (χ0v) is 16.9. The number of para-hydroxylation sites is 1. The van der Waals surface area contributed by atoms with Crippen LogP contribution in [0, 0.1) is 6.92 Å². The number of hydrogen-bond donors (Lipinski definition) is 1. The van der Waals surface area contributed by atoms with Crippen molar-refractivity contribution < 1.29 is 14.3 Å². The molecule has 2 heterocycles. The summed E-state index contributed by atoms with van der Waals surface area (Å²) in [6.07, 6.45) is 0.208. The minimum Gasteiger partial charge on any atom is -0.496 e. The lowest BCUT2D eigenvalue weighted by molar-refractivity contribution is -0.116. The van der Waals surface area contributed by atoms with Crippen molar-refractivity contribution in [3.63, 3.8) is 0 Å². The zero-order chi connectivity index (χ0) is 20.2. The van der Waals surface area contributed by atoms with Crippen LogP contribution >= 0.6 is 11.3 Å². The third kappa shape index (κ3) is 4.22. The molecule has 0 aliphatic carbocycles. The lowest BCUT2D eigenvalue weighted by Crippen LogP contribution is -2.16. The number of carbonyl (C=O) groups is 1. The number of hydrogen-bond acceptors (Lipinski definition) is 6. The molecule has 2 aromatic carbocycles. The summed E-state index contributed by atoms with van der Waals surface area (Å²) in [7, 11) is 1.63. The topological polar surface area (TPSA) is 77.8 Å². The van der Waals surface area contributed by atoms with E-state index in [0.29, 0.717) is 4.96 Å². The minimum atomic E-state index is -0.200. The Morgan fingerprint density at radius 2 is 1.97 bits per heavy atom. The van der Waals surface area contributed by atoms with Gasteiger partial charge in [0.15, 0.2) is 0 Å². The predicted molar refractivity (Wildman–Crippen MR) is 113 cm³/mol. The van der Waals surface area contributed by atoms with Crippen molar-refractivity contribution >= 4 is 28.2 Å². The number of fused-ring (bicyclic) bond motifs is 1. The molecule has 0 aliphatic heterocycles. The summed E-state index contributed by atoms with van der Waals surface area (Å²) in [5, 5.41) is 9.13. The molecule has 8 heteroatoms. The molecule has 7 nitrogen and oxygen atoms in total. The average molecular weight is 408 g/mol. The molecule has 0 unspecified atom stereocenters. The number of benzene rings is 2. The Kier molecular flexibility index (Phi) is 5.44. The predicted octanol–water partition coefficient (Wildman–Crippen LogP) is 4.18. The maximum absolute atomic E-state index is 12.2. The number of amides is 1. The highest BCUT2D eigenvalue weighted by atomic mass is 32.1. The molecule has 0 atom stereocenters. The van der Waals surface area contributed by atoms with Crippen LogP contribution in [0.4, 0.5) is 5.95 Å². The van der Waals surface area contributed by atoms with E-state index in [1.807, 2.05) is 60.8 Å². The Bertz CT molecular complexity index is 1130. The third-order valence-electron chi connectivity index (χ3n) is 4.33. The van der Waals surface area contributed by atoms with Gasteiger partial charge in [-0.25, -0.2) is 4.52 Å². The first-order chi connectivity index (χ1) is 14.1. The van der Waals surface area contributed by atoms with Gasteiger partial charge in [0.05, 0.1) is 25.8 Å². The Hall–Kier alpha value is -3.39. The first-order valence-corrected chi connectivity index (χ1v) is 9.99. The molecule has 4 rings (SSSR count). The number of nitrogens with one attached hydrogen (secondary N) is 1. The molecular weight excluding hydrogens is 388 g/mol. The molecule has 4 aromatic rings. The normalized spacial score (nSPS) is 10.8. The number of rotatable bonds is 7. The SMILES string of the molecule is COc1ccccc1-c1csc2nc(NC(=O)CCOc3ccc(C)cc3)nn12. The van der Waals surface area contributed by atoms with Gasteiger partial charge in [0.1, 0.15) is 11.5 Å². The van der Waals surface area contributed by atoms with Gasteiger partial charge in [-0.3, -0.25) is 10.1 Å². The number of thiazole rings is 1. The summed E-state index contributed by atoms with van der Waals surface area (Å²) >= 11 is 1.45. The van der Waals surface area contributed by atoms with E-state index >= 15 is 0 Å². The second-order valence-corrected chi connectivity index (χ2v) is 7.25. The number of carbonyl (C=O) groups excluding carboxylic acids is 1. The molecule has 0 fully saturated rings. The smallest absolute Gasteiger partial charge is 0.250 e. The molecule has 148 valence electrons. The molecule has 2 aromatic heterocycles. The fourth-order valence-electron chi connectivity index (χ4n) is 2.86. The second kappa shape index (κ2) is 8.32. The minimum absolute atomic E-state index is 0.200. The molecular formula is C21H20N4O3S. The highest BCUT2D eigenvalue weighted by molar-refractivity contribution is 7.15. The quantitative estimate of drug-likeness (QED) is 0.496. The van der Waals surface area contributed by atoms with Crippen molar-refractivity contribution in [3.8, 4) is 22.8 Å². The molecule has 0 aliphatic rings. The van der Waals surface area contributed by atoms with Gasteiger partial charge in [0.2, 0.25) is 16.8 Å². The van der Waals surface area contributed by atoms with Crippen LogP contribution in [0.15, 0.2) is 53.9 Å². The van der Waals surface area contributed by atoms with Crippen molar-refractivity contribution in [2.24, 2.45) is 0 Å². The number of aromatic nitrogens is 3. The summed E-state index contributed by atoms with van der Waals surface area (Å²) in [4.78, 5) is 17.3. The maximum atomic E-state index is 12.2. The summed E-state index contributed by atoms with van der Waals surface area (Å²) < 4.78 is 12.7. The largest absolute Gasteiger partial charge is 0.496 e. The van der Waals surface area contributed by atoms with Gasteiger partial charge in [0, 0.05) is 10.9 Å². The van der Waals surface area contributed by atoms with Gasteiger partial charge in [-0.1, -0.05) is 29.8 Å². The molecule has 0 saturated heterocycles. The molecule has 0 saturated carbocycles. The van der Waals surface area contributed by atoms with E-state index < -0.39 is 0 Å². The van der Waals surface area contributed by atoms with E-state index in [-0.39, 0.29) is 24.9 Å². The third-order valence-corrected chi connectivity index (χ3v) is 5.15. The molecule has 1 amide bonds. The molecule has 1 N–H and O–H groups in total. The van der Waals surface area contributed by atoms with E-state index in [1.165, 1.54) is 11.3 Å². The average Bonchev–Trinajstić information content (AvgIpc) is 3.29. The van der Waals surface area contributed by atoms with Crippen LogP contribution in [-0.2, 0) is 4.79 Å². The van der Waals surface area contributed by atoms with Gasteiger partial charge < -0.3 is 9.47 Å². The number of anilines is 1. The van der Waals surface area contributed by atoms with Crippen LogP contribution in [-0.4, -0.2) is 34.2 Å². The van der Waals surface area contributed by atoms with Crippen molar-refractivity contribution in [3.05, 3.63) is 59.5 Å². The number of ether oxygens (including phenoxy) is 2. The van der Waals surface area contributed by atoms with Crippen molar-refractivity contribution in [1.82, 2.24) is 14.6 Å². The van der Waals surface area contributed by atoms with E-state index in [9.17, 15) is 4.79 Å². The van der Waals surface area contributed by atoms with Gasteiger partial charge in [0.25, 0.3) is 0 Å². The summed E-state index contributed by atoms with van der Waals surface area (Å²) in [5.41, 5.74) is 2.93. The Balaban J connectivity index is 1.41. The van der Waals surface area contributed by atoms with E-state index in [2.05, 4.69) is 15.4 Å². The first-order valence-electron chi connectivity index (χ1n) is 9.11. The van der Waals surface area contributed by atoms with Crippen LogP contribution in [0.25, 0.3) is 16.2 Å². The number of methoxy groups -OCH3 is 1. The highest BCUT2D eigenvalue weighted by Gasteiger charge is 2.15. The highest BCUT2D eigenvalue weighted by Crippen LogP contribution is 2.32. The van der Waals surface area contributed by atoms with Crippen LogP contribution in [0.3, 0.4) is 0 Å². The lowest BCUT2D eigenvalue weighted by Gasteiger charge is -2.06. The summed E-state index contributed by atoms with van der Waals surface area (Å²) in [5.74, 6) is 1.56. The summed E-state index contributed by atoms with van der Waals surface area (Å²) in [6, 6.07) is 15.4. The molecule has 0 bridgehead atoms. The molecule has 29 heavy (non-hydrogen) atoms. The van der Waals surface area contributed by atoms with Crippen molar-refractivity contribution in [1.29, 1.82) is 0 Å². The fourth-order valence-corrected chi connectivity index (χ4v) is 3.68. The lowest BCUT2D eigenvalue weighted by atomic mass is 10.1. The van der Waals surface area contributed by atoms with E-state index in [1.54, 1.807) is 11.6 Å². The van der Waals surface area contributed by atoms with Gasteiger partial charge >= 0.3 is 0 Å². The second-order valence-electron chi connectivity index (χ2n) is 6.41. The Morgan fingerprint density at radius 3 is 2.76 bits per heavy atom. The monoisotopic (exact) mass is 408 g/mol. The van der Waals surface area contributed by atoms with Crippen LogP contribution in [0.2, 0.25) is 0 Å². The number of aryl methyl sites for hydroxylation is 1. The molecule has 0 radical (unpaired) electrons. The van der Waals surface area contributed by atoms with E-state index in [4.69, 9.17) is 9.47 Å². The molecule has 0 spiro atoms. The zero-order valence-electron chi connectivity index (χ0n) is 16.1. The van der Waals surface area contributed by atoms with Gasteiger partial charge in [-0.05, 0) is 31.2 Å². The Morgan fingerprint density at radius 1 is 1.17 bits per heavy atom. The van der Waals surface area contributed by atoms with Crippen LogP contribution < -0.4 is 14.8 Å². The maximum Gasteiger partial charge on any atom is 0.250 e. The first kappa shape index (κ1) is 18.9. The Labute approximate surface area is 171 Å². The van der Waals surface area contributed by atoms with Crippen molar-refractivity contribution in [2.45, 2.75) is 13.3 Å². The van der Waals surface area contributed by atoms with Gasteiger partial charge in [-0.2, -0.15) is 4.98 Å². The van der Waals surface area contributed by atoms with Crippen LogP contribution in [0.5, 0.6) is 11.5 Å². The summed E-state index contributed by atoms with van der Waals surface area (Å²) in [6.45, 7) is 2.29. The fraction of sp³-hybridized carbons (Fsp3) is 0.190. The van der Waals surface area contributed by atoms with Crippen molar-refractivity contribution in [2.75, 3.05) is 19.0 Å². The number of nitrogens with zero attached hydrogens (tertiary/aromatic N) is 3.